The van der Waals surface area contributed by atoms with Crippen molar-refractivity contribution in [2.45, 2.75) is 26.1 Å². The Morgan fingerprint density at radius 3 is 2.70 bits per heavy atom. The van der Waals surface area contributed by atoms with Gasteiger partial charge in [-0.05, 0) is 42.7 Å². The quantitative estimate of drug-likeness (QED) is 0.804. The zero-order valence-corrected chi connectivity index (χ0v) is 15.7. The number of benzene rings is 1. The number of amides is 2. The van der Waals surface area contributed by atoms with E-state index in [1.54, 1.807) is 48.4 Å². The Balaban J connectivity index is 1.64. The Kier molecular flexibility index (Phi) is 6.08. The molecule has 2 N–H and O–H groups in total. The van der Waals surface area contributed by atoms with Gasteiger partial charge in [-0.2, -0.15) is 0 Å². The Hall–Kier alpha value is -2.44. The van der Waals surface area contributed by atoms with Crippen LogP contribution < -0.4 is 5.32 Å². The molecule has 5 nitrogen and oxygen atoms in total. The van der Waals surface area contributed by atoms with Crippen molar-refractivity contribution >= 4 is 28.9 Å². The van der Waals surface area contributed by atoms with Crippen molar-refractivity contribution in [2.75, 3.05) is 18.4 Å². The summed E-state index contributed by atoms with van der Waals surface area (Å²) in [4.78, 5) is 18.4. The average molecular weight is 390 g/mol. The summed E-state index contributed by atoms with van der Waals surface area (Å²) in [5.41, 5.74) is 3.53. The molecule has 7 heteroatoms. The number of aliphatic hydroxyl groups excluding tert-OH is 1. The molecule has 1 aliphatic heterocycles. The van der Waals surface area contributed by atoms with Crippen molar-refractivity contribution in [2.24, 2.45) is 0 Å². The normalized spacial score (nSPS) is 15.3. The Morgan fingerprint density at radius 1 is 1.41 bits per heavy atom. The van der Waals surface area contributed by atoms with E-state index in [0.29, 0.717) is 47.0 Å². The van der Waals surface area contributed by atoms with Crippen LogP contribution in [0.2, 0.25) is 5.02 Å². The van der Waals surface area contributed by atoms with Crippen molar-refractivity contribution in [3.8, 4) is 0 Å². The number of aromatic nitrogens is 1. The summed E-state index contributed by atoms with van der Waals surface area (Å²) in [6.45, 7) is 2.12. The topological polar surface area (TPSA) is 65.5 Å². The highest BCUT2D eigenvalue weighted by atomic mass is 35.5. The van der Waals surface area contributed by atoms with E-state index in [9.17, 15) is 14.3 Å². The second-order valence-corrected chi connectivity index (χ2v) is 6.87. The second kappa shape index (κ2) is 8.50. The van der Waals surface area contributed by atoms with Crippen LogP contribution in [0, 0.1) is 0 Å². The van der Waals surface area contributed by atoms with Crippen LogP contribution >= 0.6 is 11.6 Å². The molecule has 0 saturated heterocycles. The summed E-state index contributed by atoms with van der Waals surface area (Å²) >= 11 is 6.30. The van der Waals surface area contributed by atoms with Crippen LogP contribution in [0.25, 0.3) is 5.57 Å². The van der Waals surface area contributed by atoms with Crippen molar-refractivity contribution in [1.82, 2.24) is 9.88 Å². The molecule has 2 amide bonds. The average Bonchev–Trinajstić information content (AvgIpc) is 2.68. The maximum atomic E-state index is 12.5. The van der Waals surface area contributed by atoms with E-state index in [4.69, 9.17) is 11.6 Å². The summed E-state index contributed by atoms with van der Waals surface area (Å²) in [6.07, 6.45) is 3.57. The largest absolute Gasteiger partial charge is 0.389 e. The maximum Gasteiger partial charge on any atom is 0.322 e. The van der Waals surface area contributed by atoms with Crippen LogP contribution in [0.4, 0.5) is 14.9 Å². The number of aliphatic hydroxyl groups is 1. The van der Waals surface area contributed by atoms with Gasteiger partial charge in [-0.3, -0.25) is 4.98 Å². The molecular weight excluding hydrogens is 369 g/mol. The molecule has 1 atom stereocenters. The highest BCUT2D eigenvalue weighted by molar-refractivity contribution is 6.32. The smallest absolute Gasteiger partial charge is 0.322 e. The number of hydrogen-bond acceptors (Lipinski definition) is 3. The van der Waals surface area contributed by atoms with E-state index in [1.807, 2.05) is 6.08 Å². The lowest BCUT2D eigenvalue weighted by Gasteiger charge is -2.27. The second-order valence-electron chi connectivity index (χ2n) is 6.46. The highest BCUT2D eigenvalue weighted by Gasteiger charge is 2.20. The molecule has 0 fully saturated rings. The first-order chi connectivity index (χ1) is 13.0. The lowest BCUT2D eigenvalue weighted by atomic mass is 10.0. The minimum Gasteiger partial charge on any atom is -0.389 e. The van der Waals surface area contributed by atoms with E-state index in [0.717, 1.165) is 5.57 Å². The molecule has 1 aromatic carbocycles. The number of anilines is 1. The first-order valence-corrected chi connectivity index (χ1v) is 9.09. The maximum absolute atomic E-state index is 12.5. The Bertz CT molecular complexity index is 853. The zero-order valence-electron chi connectivity index (χ0n) is 15.0. The van der Waals surface area contributed by atoms with Crippen molar-refractivity contribution in [3.63, 3.8) is 0 Å². The summed E-state index contributed by atoms with van der Waals surface area (Å²) in [5, 5.41) is 12.9. The van der Waals surface area contributed by atoms with Gasteiger partial charge in [0.25, 0.3) is 0 Å². The molecule has 3 rings (SSSR count). The van der Waals surface area contributed by atoms with Gasteiger partial charge in [-0.15, -0.1) is 0 Å². The van der Waals surface area contributed by atoms with E-state index in [1.165, 1.54) is 0 Å². The molecule has 2 aromatic rings. The van der Waals surface area contributed by atoms with E-state index in [-0.39, 0.29) is 6.03 Å². The third-order valence-corrected chi connectivity index (χ3v) is 4.79. The van der Waals surface area contributed by atoms with Gasteiger partial charge < -0.3 is 15.3 Å². The number of rotatable bonds is 4. The number of pyridine rings is 1. The van der Waals surface area contributed by atoms with Gasteiger partial charge >= 0.3 is 6.03 Å². The number of carbonyl (C=O) groups is 1. The molecule has 0 bridgehead atoms. The first-order valence-electron chi connectivity index (χ1n) is 8.71. The van der Waals surface area contributed by atoms with Crippen molar-refractivity contribution < 1.29 is 14.3 Å². The first kappa shape index (κ1) is 19.3. The van der Waals surface area contributed by atoms with Gasteiger partial charge in [-0.1, -0.05) is 29.8 Å². The predicted octanol–water partition coefficient (Wildman–Crippen LogP) is 4.58. The van der Waals surface area contributed by atoms with Crippen molar-refractivity contribution in [1.29, 1.82) is 0 Å². The molecule has 1 aliphatic rings. The van der Waals surface area contributed by atoms with Crippen molar-refractivity contribution in [3.05, 3.63) is 64.4 Å². The molecule has 0 saturated carbocycles. The number of urea groups is 1. The third-order valence-electron chi connectivity index (χ3n) is 4.50. The third kappa shape index (κ3) is 4.64. The van der Waals surface area contributed by atoms with Gasteiger partial charge in [0, 0.05) is 30.5 Å². The van der Waals surface area contributed by atoms with Gasteiger partial charge in [0.15, 0.2) is 0 Å². The predicted molar refractivity (Wildman–Crippen MR) is 104 cm³/mol. The van der Waals surface area contributed by atoms with Crippen LogP contribution in [0.3, 0.4) is 0 Å². The molecule has 142 valence electrons. The molecular formula is C20H21ClFN3O2. The van der Waals surface area contributed by atoms with Gasteiger partial charge in [0.05, 0.1) is 16.8 Å². The molecule has 0 aliphatic carbocycles. The number of hydrogen-bond donors (Lipinski definition) is 2. The number of alkyl halides is 1. The number of carbonyl (C=O) groups excluding carboxylic acids is 1. The van der Waals surface area contributed by atoms with Crippen LogP contribution in [0.5, 0.6) is 0 Å². The van der Waals surface area contributed by atoms with Gasteiger partial charge in [0.1, 0.15) is 6.67 Å². The number of nitrogens with zero attached hydrogens (tertiary/aromatic N) is 2. The SMILES string of the molecule is CC(O)c1cnc(C2=CCN(C(=O)Nc3ccc(CF)cc3)CC2)c(Cl)c1. The molecule has 1 unspecified atom stereocenters. The summed E-state index contributed by atoms with van der Waals surface area (Å²) < 4.78 is 12.5. The van der Waals surface area contributed by atoms with Gasteiger partial charge in [-0.25, -0.2) is 9.18 Å². The minimum atomic E-state index is -0.623. The number of nitrogens with one attached hydrogen (secondary N) is 1. The van der Waals surface area contributed by atoms with E-state index >= 15 is 0 Å². The Morgan fingerprint density at radius 2 is 2.15 bits per heavy atom. The van der Waals surface area contributed by atoms with Crippen LogP contribution in [-0.4, -0.2) is 34.1 Å². The standard InChI is InChI=1S/C20H21ClFN3O2/c1-13(26)16-10-18(21)19(23-12-16)15-6-8-25(9-7-15)20(27)24-17-4-2-14(11-22)3-5-17/h2-6,10,12-13,26H,7-9,11H2,1H3,(H,24,27). The monoisotopic (exact) mass is 389 g/mol. The highest BCUT2D eigenvalue weighted by Crippen LogP contribution is 2.29. The molecule has 2 heterocycles. The molecule has 0 radical (unpaired) electrons. The summed E-state index contributed by atoms with van der Waals surface area (Å²) in [6, 6.07) is 8.18. The lowest BCUT2D eigenvalue weighted by molar-refractivity contribution is 0.199. The fourth-order valence-corrected chi connectivity index (χ4v) is 3.16. The fourth-order valence-electron chi connectivity index (χ4n) is 2.87. The Labute approximate surface area is 162 Å². The van der Waals surface area contributed by atoms with E-state index in [2.05, 4.69) is 10.3 Å². The lowest BCUT2D eigenvalue weighted by Crippen LogP contribution is -2.37. The summed E-state index contributed by atoms with van der Waals surface area (Å²) in [7, 11) is 0. The summed E-state index contributed by atoms with van der Waals surface area (Å²) in [5.74, 6) is 0. The fraction of sp³-hybridized carbons (Fsp3) is 0.300. The van der Waals surface area contributed by atoms with Crippen LogP contribution in [0.15, 0.2) is 42.6 Å². The molecule has 27 heavy (non-hydrogen) atoms. The molecule has 1 aromatic heterocycles. The zero-order chi connectivity index (χ0) is 19.4. The molecule has 0 spiro atoms. The van der Waals surface area contributed by atoms with Crippen LogP contribution in [-0.2, 0) is 6.67 Å². The van der Waals surface area contributed by atoms with E-state index < -0.39 is 12.8 Å². The van der Waals surface area contributed by atoms with Gasteiger partial charge in [0.2, 0.25) is 0 Å². The minimum absolute atomic E-state index is 0.207. The van der Waals surface area contributed by atoms with Crippen LogP contribution in [0.1, 0.15) is 36.3 Å². The number of halogens is 2.